The molecule has 0 N–H and O–H groups in total. The number of rotatable bonds is 4. The van der Waals surface area contributed by atoms with Crippen molar-refractivity contribution in [3.05, 3.63) is 133 Å². The molecule has 0 aliphatic heterocycles. The van der Waals surface area contributed by atoms with Gasteiger partial charge in [0, 0.05) is 17.4 Å². The van der Waals surface area contributed by atoms with Crippen LogP contribution in [-0.2, 0) is 0 Å². The summed E-state index contributed by atoms with van der Waals surface area (Å²) < 4.78 is 5.75. The minimum atomic E-state index is 0.852. The van der Waals surface area contributed by atoms with Gasteiger partial charge in [-0.15, -0.1) is 0 Å². The number of anilines is 3. The molecule has 0 amide bonds. The van der Waals surface area contributed by atoms with E-state index in [1.165, 1.54) is 64.6 Å². The molecule has 9 aromatic carbocycles. The number of ether oxygens (including phenoxy) is 1. The molecule has 0 saturated carbocycles. The minimum Gasteiger partial charge on any atom is -0.497 e. The van der Waals surface area contributed by atoms with Crippen LogP contribution in [0.4, 0.5) is 17.1 Å². The van der Waals surface area contributed by atoms with Gasteiger partial charge in [0.05, 0.1) is 12.8 Å². The van der Waals surface area contributed by atoms with Gasteiger partial charge < -0.3 is 9.64 Å². The van der Waals surface area contributed by atoms with Crippen LogP contribution in [0, 0.1) is 6.92 Å². The van der Waals surface area contributed by atoms with E-state index in [-0.39, 0.29) is 0 Å². The van der Waals surface area contributed by atoms with Crippen LogP contribution in [0.5, 0.6) is 5.75 Å². The van der Waals surface area contributed by atoms with E-state index in [4.69, 9.17) is 4.74 Å². The minimum absolute atomic E-state index is 0.852. The molecule has 2 heteroatoms. The number of methoxy groups -OCH3 is 1. The van der Waals surface area contributed by atoms with E-state index in [0.29, 0.717) is 0 Å². The number of hydrogen-bond donors (Lipinski definition) is 0. The molecule has 2 nitrogen and oxygen atoms in total. The molecule has 0 radical (unpaired) electrons. The molecule has 0 saturated heterocycles. The molecule has 0 aliphatic rings. The predicted octanol–water partition coefficient (Wildman–Crippen LogP) is 11.3. The fourth-order valence-electron chi connectivity index (χ4n) is 7.16. The number of benzene rings is 9. The zero-order valence-electron chi connectivity index (χ0n) is 23.5. The lowest BCUT2D eigenvalue weighted by Gasteiger charge is -2.28. The molecule has 9 aromatic rings. The first-order valence-electron chi connectivity index (χ1n) is 14.5. The van der Waals surface area contributed by atoms with Crippen molar-refractivity contribution in [3.8, 4) is 5.75 Å². The Kier molecular flexibility index (Phi) is 4.77. The third kappa shape index (κ3) is 3.33. The summed E-state index contributed by atoms with van der Waals surface area (Å²) in [5.41, 5.74) is 4.49. The van der Waals surface area contributed by atoms with Crippen LogP contribution in [-0.4, -0.2) is 7.11 Å². The Bertz CT molecular complexity index is 2200. The van der Waals surface area contributed by atoms with Crippen LogP contribution < -0.4 is 9.64 Å². The monoisotopic (exact) mass is 537 g/mol. The Balaban J connectivity index is 1.35. The number of nitrogens with zero attached hydrogens (tertiary/aromatic N) is 1. The van der Waals surface area contributed by atoms with Gasteiger partial charge in [-0.05, 0) is 114 Å². The van der Waals surface area contributed by atoms with Crippen LogP contribution in [0.2, 0.25) is 0 Å². The van der Waals surface area contributed by atoms with E-state index in [1.54, 1.807) is 7.11 Å². The number of hydrogen-bond acceptors (Lipinski definition) is 2. The molecule has 0 aliphatic carbocycles. The summed E-state index contributed by atoms with van der Waals surface area (Å²) in [4.78, 5) is 2.39. The largest absolute Gasteiger partial charge is 0.497 e. The molecule has 9 rings (SSSR count). The summed E-state index contributed by atoms with van der Waals surface area (Å²) in [6.45, 7) is 2.13. The van der Waals surface area contributed by atoms with Gasteiger partial charge in [-0.3, -0.25) is 0 Å². The second-order valence-electron chi connectivity index (χ2n) is 11.5. The standard InChI is InChI=1S/C40H27NO/c1-24-17-33(23-36(18-24)42-2)41(34-19-29-13-9-25-5-3-6-26-10-14-30(20-34)39(29)37(25)26)35-21-31-15-11-27-7-4-8-28-12-16-32(22-35)40(31)38(27)28/h3-23H,1-2H3. The first-order valence-corrected chi connectivity index (χ1v) is 14.5. The van der Waals surface area contributed by atoms with Gasteiger partial charge in [0.2, 0.25) is 0 Å². The maximum Gasteiger partial charge on any atom is 0.121 e. The highest BCUT2D eigenvalue weighted by atomic mass is 16.5. The average molecular weight is 538 g/mol. The maximum absolute atomic E-state index is 5.75. The van der Waals surface area contributed by atoms with Gasteiger partial charge in [0.1, 0.15) is 5.75 Å². The molecule has 0 unspecified atom stereocenters. The van der Waals surface area contributed by atoms with Crippen molar-refractivity contribution in [2.24, 2.45) is 0 Å². The van der Waals surface area contributed by atoms with Crippen LogP contribution in [0.3, 0.4) is 0 Å². The van der Waals surface area contributed by atoms with Crippen LogP contribution >= 0.6 is 0 Å². The first kappa shape index (κ1) is 23.4. The van der Waals surface area contributed by atoms with Crippen LogP contribution in [0.15, 0.2) is 127 Å². The second kappa shape index (κ2) is 8.58. The molecular weight excluding hydrogens is 510 g/mol. The fourth-order valence-corrected chi connectivity index (χ4v) is 7.16. The summed E-state index contributed by atoms with van der Waals surface area (Å²) in [5.74, 6) is 0.852. The van der Waals surface area contributed by atoms with E-state index in [2.05, 4.69) is 139 Å². The lowest BCUT2D eigenvalue weighted by molar-refractivity contribution is 0.414. The molecular formula is C40H27NO. The predicted molar refractivity (Wildman–Crippen MR) is 180 cm³/mol. The first-order chi connectivity index (χ1) is 20.6. The third-order valence-corrected chi connectivity index (χ3v) is 8.94. The molecule has 0 spiro atoms. The van der Waals surface area contributed by atoms with E-state index in [9.17, 15) is 0 Å². The summed E-state index contributed by atoms with van der Waals surface area (Å²) in [5, 5.41) is 15.4. The third-order valence-electron chi connectivity index (χ3n) is 8.94. The van der Waals surface area contributed by atoms with Crippen molar-refractivity contribution in [2.75, 3.05) is 12.0 Å². The Hall–Kier alpha value is -5.34. The van der Waals surface area contributed by atoms with Gasteiger partial charge in [0.15, 0.2) is 0 Å². The topological polar surface area (TPSA) is 12.5 Å². The number of aryl methyl sites for hydroxylation is 1. The molecule has 0 bridgehead atoms. The van der Waals surface area contributed by atoms with Gasteiger partial charge in [-0.25, -0.2) is 0 Å². The smallest absolute Gasteiger partial charge is 0.121 e. The van der Waals surface area contributed by atoms with Gasteiger partial charge >= 0.3 is 0 Å². The summed E-state index contributed by atoms with van der Waals surface area (Å²) >= 11 is 0. The van der Waals surface area contributed by atoms with E-state index < -0.39 is 0 Å². The van der Waals surface area contributed by atoms with Crippen molar-refractivity contribution in [2.45, 2.75) is 6.92 Å². The Morgan fingerprint density at radius 2 is 0.762 bits per heavy atom. The molecule has 198 valence electrons. The molecule has 0 aromatic heterocycles. The van der Waals surface area contributed by atoms with Crippen molar-refractivity contribution in [3.63, 3.8) is 0 Å². The van der Waals surface area contributed by atoms with Crippen LogP contribution in [0.1, 0.15) is 5.56 Å². The highest BCUT2D eigenvalue weighted by Crippen LogP contribution is 2.45. The van der Waals surface area contributed by atoms with Gasteiger partial charge in [-0.1, -0.05) is 84.9 Å². The van der Waals surface area contributed by atoms with Crippen LogP contribution in [0.25, 0.3) is 64.6 Å². The SMILES string of the molecule is COc1cc(C)cc(N(c2cc3ccc4cccc5ccc(c2)c3c45)c2cc3ccc4cccc5ccc(c2)c3c45)c1. The second-order valence-corrected chi connectivity index (χ2v) is 11.5. The van der Waals surface area contributed by atoms with Crippen molar-refractivity contribution >= 4 is 81.7 Å². The average Bonchev–Trinajstić information content (AvgIpc) is 3.02. The maximum atomic E-state index is 5.75. The van der Waals surface area contributed by atoms with E-state index in [1.807, 2.05) is 0 Å². The molecule has 0 atom stereocenters. The summed E-state index contributed by atoms with van der Waals surface area (Å²) in [6, 6.07) is 47.0. The lowest BCUT2D eigenvalue weighted by atomic mass is 9.92. The normalized spacial score (nSPS) is 12.0. The van der Waals surface area contributed by atoms with Gasteiger partial charge in [0.25, 0.3) is 0 Å². The van der Waals surface area contributed by atoms with Crippen molar-refractivity contribution < 1.29 is 4.74 Å². The molecule has 0 fully saturated rings. The molecule has 42 heavy (non-hydrogen) atoms. The highest BCUT2D eigenvalue weighted by molar-refractivity contribution is 6.25. The van der Waals surface area contributed by atoms with E-state index >= 15 is 0 Å². The quantitative estimate of drug-likeness (QED) is 0.207. The Morgan fingerprint density at radius 3 is 1.17 bits per heavy atom. The van der Waals surface area contributed by atoms with Crippen molar-refractivity contribution in [1.29, 1.82) is 0 Å². The van der Waals surface area contributed by atoms with Gasteiger partial charge in [-0.2, -0.15) is 0 Å². The Morgan fingerprint density at radius 1 is 0.405 bits per heavy atom. The zero-order chi connectivity index (χ0) is 27.9. The highest BCUT2D eigenvalue weighted by Gasteiger charge is 2.19. The molecule has 0 heterocycles. The fraction of sp³-hybridized carbons (Fsp3) is 0.0500. The summed E-state index contributed by atoms with van der Waals surface area (Å²) in [7, 11) is 1.74. The Labute approximate surface area is 243 Å². The van der Waals surface area contributed by atoms with E-state index in [0.717, 1.165) is 28.4 Å². The van der Waals surface area contributed by atoms with Crippen molar-refractivity contribution in [1.82, 2.24) is 0 Å². The zero-order valence-corrected chi connectivity index (χ0v) is 23.5. The lowest BCUT2D eigenvalue weighted by Crippen LogP contribution is -2.11. The summed E-state index contributed by atoms with van der Waals surface area (Å²) in [6.07, 6.45) is 0.